The van der Waals surface area contributed by atoms with E-state index in [1.165, 1.54) is 5.56 Å². The Kier molecular flexibility index (Phi) is 8.20. The van der Waals surface area contributed by atoms with Gasteiger partial charge in [-0.1, -0.05) is 42.5 Å². The van der Waals surface area contributed by atoms with Crippen molar-refractivity contribution in [1.82, 2.24) is 10.2 Å². The summed E-state index contributed by atoms with van der Waals surface area (Å²) in [4.78, 5) is 26.6. The average molecular weight is 387 g/mol. The topological polar surface area (TPSA) is 58.6 Å². The number of amides is 2. The largest absolute Gasteiger partial charge is 0.497 e. The molecule has 1 N–H and O–H groups in total. The Labute approximate surface area is 165 Å². The second-order valence-corrected chi connectivity index (χ2v) is 7.12. The van der Waals surface area contributed by atoms with Gasteiger partial charge in [-0.15, -0.1) is 11.8 Å². The lowest BCUT2D eigenvalue weighted by atomic mass is 10.1. The van der Waals surface area contributed by atoms with Crippen LogP contribution in [0.5, 0.6) is 5.75 Å². The first-order valence-electron chi connectivity index (χ1n) is 8.80. The third-order valence-corrected chi connectivity index (χ3v) is 5.25. The van der Waals surface area contributed by atoms with E-state index in [0.717, 1.165) is 17.1 Å². The normalized spacial score (nSPS) is 11.5. The number of hydrogen-bond donors (Lipinski definition) is 1. The van der Waals surface area contributed by atoms with Gasteiger partial charge >= 0.3 is 0 Å². The van der Waals surface area contributed by atoms with Crippen molar-refractivity contribution in [2.24, 2.45) is 0 Å². The Morgan fingerprint density at radius 2 is 1.74 bits per heavy atom. The van der Waals surface area contributed by atoms with Crippen LogP contribution in [0.1, 0.15) is 18.1 Å². The van der Waals surface area contributed by atoms with Crippen molar-refractivity contribution >= 4 is 23.6 Å². The van der Waals surface area contributed by atoms with Crippen molar-refractivity contribution in [2.75, 3.05) is 19.9 Å². The van der Waals surface area contributed by atoms with Crippen molar-refractivity contribution in [3.8, 4) is 5.75 Å². The number of nitrogens with one attached hydrogen (secondary N) is 1. The van der Waals surface area contributed by atoms with Gasteiger partial charge in [-0.05, 0) is 30.2 Å². The highest BCUT2D eigenvalue weighted by atomic mass is 32.2. The monoisotopic (exact) mass is 386 g/mol. The van der Waals surface area contributed by atoms with Gasteiger partial charge in [0.05, 0.1) is 12.9 Å². The van der Waals surface area contributed by atoms with Gasteiger partial charge in [-0.25, -0.2) is 0 Å². The molecule has 2 aromatic rings. The molecule has 6 heteroatoms. The molecule has 0 aliphatic heterocycles. The fourth-order valence-electron chi connectivity index (χ4n) is 2.63. The Morgan fingerprint density at radius 1 is 1.07 bits per heavy atom. The average Bonchev–Trinajstić information content (AvgIpc) is 2.72. The van der Waals surface area contributed by atoms with Crippen LogP contribution in [0.15, 0.2) is 54.6 Å². The van der Waals surface area contributed by atoms with Crippen LogP contribution < -0.4 is 10.1 Å². The van der Waals surface area contributed by atoms with E-state index in [9.17, 15) is 9.59 Å². The summed E-state index contributed by atoms with van der Waals surface area (Å²) >= 11 is 1.55. The van der Waals surface area contributed by atoms with Crippen LogP contribution in [0.4, 0.5) is 0 Å². The maximum Gasteiger partial charge on any atom is 0.242 e. The zero-order valence-electron chi connectivity index (χ0n) is 16.0. The summed E-state index contributed by atoms with van der Waals surface area (Å²) in [5.74, 6) is 1.62. The minimum absolute atomic E-state index is 0.0529. The summed E-state index contributed by atoms with van der Waals surface area (Å²) < 4.78 is 5.17. The maximum absolute atomic E-state index is 12.8. The molecule has 0 radical (unpaired) electrons. The SMILES string of the molecule is CNC(=O)[C@@H](C)N(Cc1ccc(OC)cc1)C(=O)CSCc1ccccc1. The molecule has 0 fully saturated rings. The van der Waals surface area contributed by atoms with Gasteiger partial charge < -0.3 is 15.0 Å². The molecule has 27 heavy (non-hydrogen) atoms. The number of methoxy groups -OCH3 is 1. The van der Waals surface area contributed by atoms with Crippen molar-refractivity contribution in [1.29, 1.82) is 0 Å². The van der Waals surface area contributed by atoms with Crippen LogP contribution in [-0.4, -0.2) is 42.7 Å². The van der Waals surface area contributed by atoms with Gasteiger partial charge in [0.15, 0.2) is 0 Å². The smallest absolute Gasteiger partial charge is 0.242 e. The molecule has 1 atom stereocenters. The first-order valence-corrected chi connectivity index (χ1v) is 9.96. The minimum atomic E-state index is -0.540. The molecule has 0 aliphatic rings. The van der Waals surface area contributed by atoms with Gasteiger partial charge in [0.25, 0.3) is 0 Å². The highest BCUT2D eigenvalue weighted by molar-refractivity contribution is 7.99. The van der Waals surface area contributed by atoms with E-state index in [4.69, 9.17) is 4.74 Å². The van der Waals surface area contributed by atoms with Gasteiger partial charge in [0.1, 0.15) is 11.8 Å². The quantitative estimate of drug-likeness (QED) is 0.719. The summed E-state index contributed by atoms with van der Waals surface area (Å²) in [5, 5.41) is 2.63. The van der Waals surface area contributed by atoms with Crippen LogP contribution in [0, 0.1) is 0 Å². The van der Waals surface area contributed by atoms with E-state index in [0.29, 0.717) is 12.3 Å². The van der Waals surface area contributed by atoms with Crippen molar-refractivity contribution < 1.29 is 14.3 Å². The van der Waals surface area contributed by atoms with Gasteiger partial charge in [-0.2, -0.15) is 0 Å². The van der Waals surface area contributed by atoms with E-state index in [1.54, 1.807) is 37.7 Å². The summed E-state index contributed by atoms with van der Waals surface area (Å²) in [6.45, 7) is 2.13. The molecule has 0 unspecified atom stereocenters. The minimum Gasteiger partial charge on any atom is -0.497 e. The van der Waals surface area contributed by atoms with Gasteiger partial charge in [-0.3, -0.25) is 9.59 Å². The molecule has 2 rings (SSSR count). The predicted molar refractivity (Wildman–Crippen MR) is 110 cm³/mol. The summed E-state index contributed by atoms with van der Waals surface area (Å²) in [6, 6.07) is 17.0. The Hall–Kier alpha value is -2.47. The Balaban J connectivity index is 2.03. The van der Waals surface area contributed by atoms with Crippen molar-refractivity contribution in [3.05, 3.63) is 65.7 Å². The molecule has 0 aliphatic carbocycles. The van der Waals surface area contributed by atoms with E-state index >= 15 is 0 Å². The molecular weight excluding hydrogens is 360 g/mol. The molecule has 0 aromatic heterocycles. The fraction of sp³-hybridized carbons (Fsp3) is 0.333. The zero-order chi connectivity index (χ0) is 19.6. The molecular formula is C21H26N2O3S. The standard InChI is InChI=1S/C21H26N2O3S/c1-16(21(25)22-2)23(13-17-9-11-19(26-3)12-10-17)20(24)15-27-14-18-7-5-4-6-8-18/h4-12,16H,13-15H2,1-3H3,(H,22,25)/t16-/m1/s1. The third kappa shape index (κ3) is 6.32. The molecule has 0 saturated heterocycles. The number of benzene rings is 2. The molecule has 5 nitrogen and oxygen atoms in total. The first kappa shape index (κ1) is 20.8. The van der Waals surface area contributed by atoms with E-state index in [-0.39, 0.29) is 11.8 Å². The maximum atomic E-state index is 12.8. The van der Waals surface area contributed by atoms with Gasteiger partial charge in [0, 0.05) is 19.3 Å². The first-order chi connectivity index (χ1) is 13.0. The number of rotatable bonds is 9. The van der Waals surface area contributed by atoms with E-state index in [1.807, 2.05) is 54.6 Å². The lowest BCUT2D eigenvalue weighted by Gasteiger charge is -2.28. The lowest BCUT2D eigenvalue weighted by molar-refractivity contribution is -0.138. The van der Waals surface area contributed by atoms with Gasteiger partial charge in [0.2, 0.25) is 11.8 Å². The summed E-state index contributed by atoms with van der Waals surface area (Å²) in [6.07, 6.45) is 0. The number of carbonyl (C=O) groups is 2. The number of nitrogens with zero attached hydrogens (tertiary/aromatic N) is 1. The molecule has 0 heterocycles. The third-order valence-electron chi connectivity index (χ3n) is 4.26. The molecule has 0 spiro atoms. The van der Waals surface area contributed by atoms with Crippen LogP contribution in [0.25, 0.3) is 0 Å². The summed E-state index contributed by atoms with van der Waals surface area (Å²) in [5.41, 5.74) is 2.13. The highest BCUT2D eigenvalue weighted by Gasteiger charge is 2.25. The van der Waals surface area contributed by atoms with E-state index < -0.39 is 6.04 Å². The number of hydrogen-bond acceptors (Lipinski definition) is 4. The molecule has 0 saturated carbocycles. The van der Waals surface area contributed by atoms with E-state index in [2.05, 4.69) is 5.32 Å². The second kappa shape index (κ2) is 10.6. The van der Waals surface area contributed by atoms with Crippen LogP contribution in [0.2, 0.25) is 0 Å². The zero-order valence-corrected chi connectivity index (χ0v) is 16.8. The lowest BCUT2D eigenvalue weighted by Crippen LogP contribution is -2.47. The molecule has 2 amide bonds. The highest BCUT2D eigenvalue weighted by Crippen LogP contribution is 2.17. The van der Waals surface area contributed by atoms with Crippen LogP contribution in [0.3, 0.4) is 0 Å². The molecule has 2 aromatic carbocycles. The number of likely N-dealkylation sites (N-methyl/N-ethyl adjacent to an activating group) is 1. The number of ether oxygens (including phenoxy) is 1. The molecule has 0 bridgehead atoms. The number of carbonyl (C=O) groups excluding carboxylic acids is 2. The van der Waals surface area contributed by atoms with Crippen molar-refractivity contribution in [3.63, 3.8) is 0 Å². The predicted octanol–water partition coefficient (Wildman–Crippen LogP) is 3.09. The second-order valence-electron chi connectivity index (χ2n) is 6.14. The number of thioether (sulfide) groups is 1. The van der Waals surface area contributed by atoms with Crippen LogP contribution in [-0.2, 0) is 21.9 Å². The molecule has 144 valence electrons. The fourth-order valence-corrected chi connectivity index (χ4v) is 3.50. The van der Waals surface area contributed by atoms with Crippen LogP contribution >= 0.6 is 11.8 Å². The summed E-state index contributed by atoms with van der Waals surface area (Å²) in [7, 11) is 3.20. The van der Waals surface area contributed by atoms with Crippen molar-refractivity contribution in [2.45, 2.75) is 25.3 Å². The Bertz CT molecular complexity index is 735. The Morgan fingerprint density at radius 3 is 2.33 bits per heavy atom.